The lowest BCUT2D eigenvalue weighted by molar-refractivity contribution is -0.128. The van der Waals surface area contributed by atoms with E-state index < -0.39 is 5.91 Å². The van der Waals surface area contributed by atoms with E-state index in [9.17, 15) is 9.59 Å². The van der Waals surface area contributed by atoms with E-state index in [2.05, 4.69) is 36.7 Å². The van der Waals surface area contributed by atoms with Crippen molar-refractivity contribution in [3.63, 3.8) is 0 Å². The number of amides is 2. The molecule has 0 aromatic carbocycles. The van der Waals surface area contributed by atoms with Crippen molar-refractivity contribution < 1.29 is 14.3 Å². The topological polar surface area (TPSA) is 61.9 Å². The lowest BCUT2D eigenvalue weighted by atomic mass is 10.0. The van der Waals surface area contributed by atoms with Crippen LogP contribution in [0.25, 0.3) is 0 Å². The van der Waals surface area contributed by atoms with Crippen LogP contribution in [0.1, 0.15) is 13.8 Å². The van der Waals surface area contributed by atoms with Gasteiger partial charge >= 0.3 is 0 Å². The molecule has 2 aliphatic rings. The van der Waals surface area contributed by atoms with Crippen molar-refractivity contribution in [2.45, 2.75) is 25.9 Å². The molecule has 0 saturated carbocycles. The van der Waals surface area contributed by atoms with Gasteiger partial charge in [-0.25, -0.2) is 0 Å². The number of carbonyl (C=O) groups is 2. The molecule has 0 bridgehead atoms. The number of nitrogens with one attached hydrogen (secondary N) is 1. The van der Waals surface area contributed by atoms with Crippen molar-refractivity contribution in [3.8, 4) is 0 Å². The van der Waals surface area contributed by atoms with E-state index in [4.69, 9.17) is 17.0 Å². The Morgan fingerprint density at radius 1 is 1.42 bits per heavy atom. The van der Waals surface area contributed by atoms with Gasteiger partial charge in [-0.3, -0.25) is 24.7 Å². The first-order chi connectivity index (χ1) is 11.4. The second kappa shape index (κ2) is 7.83. The molecule has 1 N–H and O–H groups in total. The first kappa shape index (κ1) is 18.5. The number of hydrogen-bond donors (Lipinski definition) is 1. The molecule has 2 amide bonds. The Morgan fingerprint density at radius 2 is 2.12 bits per heavy atom. The molecule has 2 atom stereocenters. The fourth-order valence-electron chi connectivity index (χ4n) is 2.98. The molecule has 24 heavy (non-hydrogen) atoms. The van der Waals surface area contributed by atoms with Gasteiger partial charge in [-0.05, 0) is 37.7 Å². The highest BCUT2D eigenvalue weighted by molar-refractivity contribution is 7.80. The summed E-state index contributed by atoms with van der Waals surface area (Å²) in [5.74, 6) is -0.846. The van der Waals surface area contributed by atoms with Crippen LogP contribution in [0.3, 0.4) is 0 Å². The van der Waals surface area contributed by atoms with Crippen LogP contribution in [0, 0.1) is 0 Å². The van der Waals surface area contributed by atoms with Crippen LogP contribution < -0.4 is 5.32 Å². The Balaban J connectivity index is 2.24. The smallest absolute Gasteiger partial charge is 0.265 e. The predicted molar refractivity (Wildman–Crippen MR) is 96.3 cm³/mol. The molecule has 2 rings (SSSR count). The Morgan fingerprint density at radius 3 is 2.75 bits per heavy atom. The molecule has 130 valence electrons. The summed E-state index contributed by atoms with van der Waals surface area (Å²) in [6.45, 7) is 9.44. The monoisotopic (exact) mass is 349 g/mol. The van der Waals surface area contributed by atoms with Crippen LogP contribution in [0.15, 0.2) is 36.0 Å². The molecular formula is C17H23N3O3S. The molecule has 1 fully saturated rings. The first-order valence-electron chi connectivity index (χ1n) is 7.86. The van der Waals surface area contributed by atoms with Crippen molar-refractivity contribution in [1.82, 2.24) is 15.1 Å². The minimum atomic E-state index is -0.457. The predicted octanol–water partition coefficient (Wildman–Crippen LogP) is 1.01. The summed E-state index contributed by atoms with van der Waals surface area (Å²) in [6, 6.07) is 0.319. The molecule has 6 nitrogen and oxygen atoms in total. The zero-order valence-electron chi connectivity index (χ0n) is 14.2. The number of rotatable bonds is 6. The van der Waals surface area contributed by atoms with Crippen LogP contribution in [0.5, 0.6) is 0 Å². The average Bonchev–Trinajstić information content (AvgIpc) is 2.80. The van der Waals surface area contributed by atoms with Crippen molar-refractivity contribution in [1.29, 1.82) is 0 Å². The van der Waals surface area contributed by atoms with E-state index in [1.54, 1.807) is 19.3 Å². The summed E-state index contributed by atoms with van der Waals surface area (Å²) in [4.78, 5) is 28.4. The normalized spacial score (nSPS) is 26.8. The van der Waals surface area contributed by atoms with Crippen molar-refractivity contribution in [2.75, 3.05) is 26.8 Å². The molecule has 0 aromatic rings. The molecule has 7 heteroatoms. The third-order valence-corrected chi connectivity index (χ3v) is 4.62. The largest absolute Gasteiger partial charge is 0.383 e. The molecule has 0 radical (unpaired) electrons. The maximum absolute atomic E-state index is 12.6. The Labute approximate surface area is 147 Å². The van der Waals surface area contributed by atoms with Gasteiger partial charge in [-0.15, -0.1) is 6.58 Å². The van der Waals surface area contributed by atoms with Gasteiger partial charge in [0.25, 0.3) is 11.8 Å². The molecule has 2 unspecified atom stereocenters. The lowest BCUT2D eigenvalue weighted by Crippen LogP contribution is -2.54. The minimum absolute atomic E-state index is 0.101. The summed E-state index contributed by atoms with van der Waals surface area (Å²) >= 11 is 5.05. The highest BCUT2D eigenvalue weighted by Crippen LogP contribution is 2.26. The van der Waals surface area contributed by atoms with Gasteiger partial charge in [-0.1, -0.05) is 12.2 Å². The van der Waals surface area contributed by atoms with Crippen LogP contribution in [-0.4, -0.2) is 65.6 Å². The highest BCUT2D eigenvalue weighted by atomic mass is 32.1. The van der Waals surface area contributed by atoms with Crippen molar-refractivity contribution in [3.05, 3.63) is 36.0 Å². The van der Waals surface area contributed by atoms with Crippen molar-refractivity contribution >= 4 is 29.1 Å². The molecule has 0 spiro atoms. The molecular weight excluding hydrogens is 326 g/mol. The Bertz CT molecular complexity index is 627. The maximum atomic E-state index is 12.6. The zero-order valence-corrected chi connectivity index (χ0v) is 15.1. The lowest BCUT2D eigenvalue weighted by Gasteiger charge is -2.29. The van der Waals surface area contributed by atoms with Gasteiger partial charge in [0.05, 0.1) is 6.61 Å². The first-order valence-corrected chi connectivity index (χ1v) is 8.27. The zero-order chi connectivity index (χ0) is 17.9. The van der Waals surface area contributed by atoms with E-state index in [0.717, 1.165) is 12.1 Å². The molecule has 2 heterocycles. The molecule has 0 aromatic heterocycles. The molecule has 0 aliphatic carbocycles. The second-order valence-electron chi connectivity index (χ2n) is 5.84. The Kier molecular flexibility index (Phi) is 6.04. The van der Waals surface area contributed by atoms with Gasteiger partial charge in [0.2, 0.25) is 0 Å². The molecule has 1 saturated heterocycles. The van der Waals surface area contributed by atoms with Crippen molar-refractivity contribution in [2.24, 2.45) is 0 Å². The summed E-state index contributed by atoms with van der Waals surface area (Å²) in [6.07, 6.45) is 5.31. The number of methoxy groups -OCH3 is 1. The fraction of sp³-hybridized carbons (Fsp3) is 0.471. The number of nitrogens with zero attached hydrogens (tertiary/aromatic N) is 2. The van der Waals surface area contributed by atoms with Crippen LogP contribution in [0.4, 0.5) is 0 Å². The number of ether oxygens (including phenoxy) is 1. The van der Waals surface area contributed by atoms with Gasteiger partial charge in [-0.2, -0.15) is 0 Å². The Hall–Kier alpha value is -1.83. The third-order valence-electron chi connectivity index (χ3n) is 4.30. The number of thiocarbonyl (C=S) groups is 1. The van der Waals surface area contributed by atoms with E-state index in [-0.39, 0.29) is 35.2 Å². The van der Waals surface area contributed by atoms with Gasteiger partial charge in [0.1, 0.15) is 5.57 Å². The van der Waals surface area contributed by atoms with E-state index in [0.29, 0.717) is 6.61 Å². The number of carbonyl (C=O) groups excluding carboxylic acids is 2. The van der Waals surface area contributed by atoms with E-state index in [1.165, 1.54) is 4.90 Å². The second-order valence-corrected chi connectivity index (χ2v) is 6.22. The quantitative estimate of drug-likeness (QED) is 0.336. The summed E-state index contributed by atoms with van der Waals surface area (Å²) in [5, 5.41) is 2.68. The average molecular weight is 349 g/mol. The summed E-state index contributed by atoms with van der Waals surface area (Å²) < 4.78 is 5.14. The SMILES string of the molecule is C=CCN1C(=O)/C(=C/C2=CC(C)N(CCOC)C2C)C(=O)NC1=S. The van der Waals surface area contributed by atoms with E-state index >= 15 is 0 Å². The van der Waals surface area contributed by atoms with Gasteiger partial charge < -0.3 is 4.74 Å². The van der Waals surface area contributed by atoms with Gasteiger partial charge in [0.15, 0.2) is 5.11 Å². The van der Waals surface area contributed by atoms with E-state index in [1.807, 2.05) is 0 Å². The van der Waals surface area contributed by atoms with Crippen LogP contribution in [0.2, 0.25) is 0 Å². The fourth-order valence-corrected chi connectivity index (χ4v) is 3.23. The maximum Gasteiger partial charge on any atom is 0.265 e. The standard InChI is InChI=1S/C17H23N3O3S/c1-5-6-20-16(22)14(15(21)18-17(20)24)10-13-9-11(2)19(12(13)3)7-8-23-4/h5,9-12H,1,6-8H2,2-4H3,(H,18,21,24)/b14-10+. The summed E-state index contributed by atoms with van der Waals surface area (Å²) in [5.41, 5.74) is 1.05. The number of hydrogen-bond acceptors (Lipinski definition) is 5. The minimum Gasteiger partial charge on any atom is -0.383 e. The highest BCUT2D eigenvalue weighted by Gasteiger charge is 2.35. The van der Waals surface area contributed by atoms with Crippen LogP contribution >= 0.6 is 12.2 Å². The summed E-state index contributed by atoms with van der Waals surface area (Å²) in [7, 11) is 1.67. The third kappa shape index (κ3) is 3.63. The van der Waals surface area contributed by atoms with Gasteiger partial charge in [0, 0.05) is 32.3 Å². The molecule has 2 aliphatic heterocycles. The van der Waals surface area contributed by atoms with Crippen LogP contribution in [-0.2, 0) is 14.3 Å².